The molecule has 0 aromatic heterocycles. The van der Waals surface area contributed by atoms with Crippen molar-refractivity contribution >= 4 is 11.5 Å². The van der Waals surface area contributed by atoms with Gasteiger partial charge in [0.2, 0.25) is 0 Å². The fraction of sp³-hybridized carbons (Fsp3) is 0.667. The van der Waals surface area contributed by atoms with Gasteiger partial charge in [-0.3, -0.25) is 4.79 Å². The summed E-state index contributed by atoms with van der Waals surface area (Å²) in [6, 6.07) is 0. The Morgan fingerprint density at radius 2 is 2.13 bits per heavy atom. The monoisotopic (exact) mass is 209 g/mol. The van der Waals surface area contributed by atoms with E-state index in [1.54, 1.807) is 12.2 Å². The quantitative estimate of drug-likeness (QED) is 0.656. The average Bonchev–Trinajstić information content (AvgIpc) is 2.45. The molecule has 3 heteroatoms. The van der Waals surface area contributed by atoms with Crippen molar-refractivity contribution in [2.75, 3.05) is 0 Å². The van der Waals surface area contributed by atoms with E-state index in [0.29, 0.717) is 0 Å². The Morgan fingerprint density at radius 3 is 2.53 bits per heavy atom. The Labute approximate surface area is 91.2 Å². The maximum absolute atomic E-state index is 10.8. The van der Waals surface area contributed by atoms with Crippen molar-refractivity contribution in [2.24, 2.45) is 10.6 Å². The fourth-order valence-corrected chi connectivity index (χ4v) is 1.34. The summed E-state index contributed by atoms with van der Waals surface area (Å²) in [7, 11) is 0. The van der Waals surface area contributed by atoms with Crippen LogP contribution in [0.2, 0.25) is 0 Å². The van der Waals surface area contributed by atoms with Gasteiger partial charge < -0.3 is 4.84 Å². The molecular weight excluding hydrogens is 190 g/mol. The van der Waals surface area contributed by atoms with E-state index in [4.69, 9.17) is 4.84 Å². The molecule has 0 aromatic carbocycles. The van der Waals surface area contributed by atoms with Gasteiger partial charge in [0.1, 0.15) is 0 Å². The molecule has 0 spiro atoms. The maximum atomic E-state index is 10.8. The molecule has 84 valence electrons. The van der Waals surface area contributed by atoms with Crippen LogP contribution >= 0.6 is 0 Å². The highest BCUT2D eigenvalue weighted by molar-refractivity contribution is 5.91. The largest absolute Gasteiger partial charge is 0.385 e. The van der Waals surface area contributed by atoms with E-state index in [1.165, 1.54) is 6.92 Å². The highest BCUT2D eigenvalue weighted by Gasteiger charge is 2.36. The number of oxime groups is 1. The molecule has 0 saturated carbocycles. The van der Waals surface area contributed by atoms with Gasteiger partial charge in [-0.1, -0.05) is 25.9 Å². The maximum Gasteiger partial charge on any atom is 0.158 e. The third-order valence-electron chi connectivity index (χ3n) is 2.42. The minimum Gasteiger partial charge on any atom is -0.385 e. The van der Waals surface area contributed by atoms with Crippen LogP contribution in [-0.2, 0) is 9.63 Å². The van der Waals surface area contributed by atoms with Crippen LogP contribution in [0, 0.1) is 5.41 Å². The van der Waals surface area contributed by atoms with Crippen LogP contribution in [0.4, 0.5) is 0 Å². The minimum absolute atomic E-state index is 0.0296. The first-order valence-electron chi connectivity index (χ1n) is 5.18. The van der Waals surface area contributed by atoms with Crippen LogP contribution < -0.4 is 0 Å². The Hall–Kier alpha value is -1.12. The normalized spacial score (nSPS) is 26.6. The van der Waals surface area contributed by atoms with Crippen molar-refractivity contribution in [1.82, 2.24) is 0 Å². The standard InChI is InChI=1S/C12H19NO2/c1-9(14)6-7-12(5)8-10(13-15-12)11(2,3)4/h6-7H,8H2,1-5H3. The Morgan fingerprint density at radius 1 is 1.53 bits per heavy atom. The second-order valence-electron chi connectivity index (χ2n) is 5.31. The van der Waals surface area contributed by atoms with Crippen molar-refractivity contribution in [3.05, 3.63) is 12.2 Å². The molecule has 1 unspecified atom stereocenters. The minimum atomic E-state index is -0.450. The van der Waals surface area contributed by atoms with Crippen molar-refractivity contribution < 1.29 is 9.63 Å². The highest BCUT2D eigenvalue weighted by atomic mass is 16.7. The number of hydrogen-bond donors (Lipinski definition) is 0. The first kappa shape index (κ1) is 12.0. The molecular formula is C12H19NO2. The van der Waals surface area contributed by atoms with Gasteiger partial charge in [0.25, 0.3) is 0 Å². The lowest BCUT2D eigenvalue weighted by Crippen LogP contribution is -2.26. The van der Waals surface area contributed by atoms with Crippen LogP contribution in [0.3, 0.4) is 0 Å². The summed E-state index contributed by atoms with van der Waals surface area (Å²) in [5.74, 6) is 0.0315. The number of hydrogen-bond acceptors (Lipinski definition) is 3. The summed E-state index contributed by atoms with van der Waals surface area (Å²) in [5.41, 5.74) is 0.619. The van der Waals surface area contributed by atoms with Gasteiger partial charge in [-0.05, 0) is 26.0 Å². The van der Waals surface area contributed by atoms with E-state index in [1.807, 2.05) is 6.92 Å². The second-order valence-corrected chi connectivity index (χ2v) is 5.31. The first-order chi connectivity index (χ1) is 6.73. The van der Waals surface area contributed by atoms with E-state index >= 15 is 0 Å². The molecule has 1 atom stereocenters. The summed E-state index contributed by atoms with van der Waals surface area (Å²) in [6.07, 6.45) is 4.08. The molecule has 0 radical (unpaired) electrons. The zero-order valence-corrected chi connectivity index (χ0v) is 10.1. The van der Waals surface area contributed by atoms with Gasteiger partial charge in [0, 0.05) is 11.8 Å². The molecule has 1 aliphatic rings. The molecule has 15 heavy (non-hydrogen) atoms. The number of ketones is 1. The molecule has 3 nitrogen and oxygen atoms in total. The van der Waals surface area contributed by atoms with Crippen molar-refractivity contribution in [3.63, 3.8) is 0 Å². The molecule has 0 fully saturated rings. The fourth-order valence-electron chi connectivity index (χ4n) is 1.34. The third kappa shape index (κ3) is 3.18. The number of carbonyl (C=O) groups is 1. The lowest BCUT2D eigenvalue weighted by molar-refractivity contribution is -0.112. The number of nitrogens with zero attached hydrogens (tertiary/aromatic N) is 1. The van der Waals surface area contributed by atoms with Crippen LogP contribution in [0.5, 0.6) is 0 Å². The average molecular weight is 209 g/mol. The SMILES string of the molecule is CC(=O)C=CC1(C)CC(C(C)(C)C)=NO1. The molecule has 0 aromatic rings. The first-order valence-corrected chi connectivity index (χ1v) is 5.18. The number of rotatable bonds is 2. The second kappa shape index (κ2) is 3.80. The van der Waals surface area contributed by atoms with Gasteiger partial charge in [0.05, 0.1) is 5.71 Å². The van der Waals surface area contributed by atoms with Crippen molar-refractivity contribution in [3.8, 4) is 0 Å². The molecule has 0 N–H and O–H groups in total. The third-order valence-corrected chi connectivity index (χ3v) is 2.42. The van der Waals surface area contributed by atoms with Gasteiger partial charge in [-0.25, -0.2) is 0 Å². The van der Waals surface area contributed by atoms with Gasteiger partial charge in [-0.2, -0.15) is 0 Å². The van der Waals surface area contributed by atoms with E-state index in [0.717, 1.165) is 12.1 Å². The Bertz CT molecular complexity index is 323. The zero-order chi connectivity index (χ0) is 11.7. The number of allylic oxidation sites excluding steroid dienone is 1. The summed E-state index contributed by atoms with van der Waals surface area (Å²) in [5, 5.41) is 4.09. The Kier molecular flexibility index (Phi) is 3.03. The topological polar surface area (TPSA) is 38.7 Å². The van der Waals surface area contributed by atoms with E-state index < -0.39 is 5.60 Å². The molecule has 0 saturated heterocycles. The van der Waals surface area contributed by atoms with Crippen molar-refractivity contribution in [1.29, 1.82) is 0 Å². The van der Waals surface area contributed by atoms with E-state index in [-0.39, 0.29) is 11.2 Å². The lowest BCUT2D eigenvalue weighted by Gasteiger charge is -2.20. The molecule has 1 rings (SSSR count). The molecule has 1 heterocycles. The van der Waals surface area contributed by atoms with E-state index in [2.05, 4.69) is 25.9 Å². The van der Waals surface area contributed by atoms with Crippen LogP contribution in [0.15, 0.2) is 17.3 Å². The van der Waals surface area contributed by atoms with Crippen LogP contribution in [-0.4, -0.2) is 17.1 Å². The van der Waals surface area contributed by atoms with Gasteiger partial charge >= 0.3 is 0 Å². The molecule has 0 amide bonds. The van der Waals surface area contributed by atoms with Gasteiger partial charge in [-0.15, -0.1) is 0 Å². The smallest absolute Gasteiger partial charge is 0.158 e. The molecule has 0 bridgehead atoms. The predicted octanol–water partition coefficient (Wildman–Crippen LogP) is 2.71. The van der Waals surface area contributed by atoms with Crippen LogP contribution in [0.25, 0.3) is 0 Å². The van der Waals surface area contributed by atoms with Gasteiger partial charge in [0.15, 0.2) is 11.4 Å². The summed E-state index contributed by atoms with van der Waals surface area (Å²) in [4.78, 5) is 16.2. The predicted molar refractivity (Wildman–Crippen MR) is 60.8 cm³/mol. The molecule has 1 aliphatic heterocycles. The zero-order valence-electron chi connectivity index (χ0n) is 10.1. The van der Waals surface area contributed by atoms with E-state index in [9.17, 15) is 4.79 Å². The van der Waals surface area contributed by atoms with Crippen molar-refractivity contribution in [2.45, 2.75) is 46.6 Å². The summed E-state index contributed by atoms with van der Waals surface area (Å²) < 4.78 is 0. The summed E-state index contributed by atoms with van der Waals surface area (Å²) >= 11 is 0. The lowest BCUT2D eigenvalue weighted by atomic mass is 9.84. The summed E-state index contributed by atoms with van der Waals surface area (Å²) in [6.45, 7) is 9.79. The highest BCUT2D eigenvalue weighted by Crippen LogP contribution is 2.32. The van der Waals surface area contributed by atoms with Crippen LogP contribution in [0.1, 0.15) is 41.0 Å². The molecule has 0 aliphatic carbocycles. The number of carbonyl (C=O) groups excluding carboxylic acids is 1. The Balaban J connectivity index is 2.70.